The van der Waals surface area contributed by atoms with E-state index in [1.54, 1.807) is 50.4 Å². The fourth-order valence-corrected chi connectivity index (χ4v) is 7.60. The van der Waals surface area contributed by atoms with Crippen LogP contribution >= 0.6 is 0 Å². The molecule has 0 radical (unpaired) electrons. The van der Waals surface area contributed by atoms with Crippen molar-refractivity contribution >= 4 is 23.7 Å². The molecule has 0 saturated carbocycles. The Labute approximate surface area is 305 Å². The summed E-state index contributed by atoms with van der Waals surface area (Å²) in [6, 6.07) is 14.5. The minimum atomic E-state index is -4.88. The number of halogens is 3. The summed E-state index contributed by atoms with van der Waals surface area (Å²) >= 11 is 0. The topological polar surface area (TPSA) is 158 Å². The summed E-state index contributed by atoms with van der Waals surface area (Å²) in [7, 11) is 0. The van der Waals surface area contributed by atoms with Crippen molar-refractivity contribution in [2.24, 2.45) is 5.41 Å². The van der Waals surface area contributed by atoms with E-state index >= 15 is 13.2 Å². The number of hydrogen-bond donors (Lipinski definition) is 3. The SMILES string of the molecule is CCOC(=O)CCc1ccc(-c2ccc(-n3ccc(C)n3)c([C@@H](Oc3cc(N4CCC5(CC4)CC(C(=O)O)NC5CC)nc(N)n3)C(F)(F)F)c2)cc1. The Morgan fingerprint density at radius 1 is 1.06 bits per heavy atom. The van der Waals surface area contributed by atoms with Gasteiger partial charge in [-0.3, -0.25) is 9.59 Å². The van der Waals surface area contributed by atoms with Gasteiger partial charge in [-0.1, -0.05) is 37.3 Å². The summed E-state index contributed by atoms with van der Waals surface area (Å²) in [6.45, 7) is 6.84. The first-order valence-electron chi connectivity index (χ1n) is 17.8. The van der Waals surface area contributed by atoms with Crippen LogP contribution in [0, 0.1) is 12.3 Å². The molecule has 4 N–H and O–H groups in total. The number of alkyl halides is 3. The highest BCUT2D eigenvalue weighted by atomic mass is 19.4. The highest BCUT2D eigenvalue weighted by Crippen LogP contribution is 2.46. The number of nitrogens with one attached hydrogen (secondary N) is 1. The lowest BCUT2D eigenvalue weighted by molar-refractivity contribution is -0.198. The second-order valence-electron chi connectivity index (χ2n) is 13.7. The summed E-state index contributed by atoms with van der Waals surface area (Å²) in [4.78, 5) is 33.9. The van der Waals surface area contributed by atoms with Gasteiger partial charge in [-0.15, -0.1) is 0 Å². The number of aliphatic carboxylic acids is 1. The highest BCUT2D eigenvalue weighted by Gasteiger charge is 2.50. The van der Waals surface area contributed by atoms with Gasteiger partial charge in [-0.05, 0) is 86.3 Å². The third-order valence-electron chi connectivity index (χ3n) is 10.3. The number of esters is 1. The van der Waals surface area contributed by atoms with E-state index in [4.69, 9.17) is 15.2 Å². The first-order valence-corrected chi connectivity index (χ1v) is 17.8. The maximum atomic E-state index is 15.1. The third kappa shape index (κ3) is 8.40. The van der Waals surface area contributed by atoms with Crippen LogP contribution in [-0.2, 0) is 20.7 Å². The van der Waals surface area contributed by atoms with Gasteiger partial charge >= 0.3 is 18.1 Å². The van der Waals surface area contributed by atoms with Crippen LogP contribution in [0.25, 0.3) is 16.8 Å². The van der Waals surface area contributed by atoms with E-state index < -0.39 is 24.3 Å². The molecule has 4 heterocycles. The van der Waals surface area contributed by atoms with Gasteiger partial charge in [0.05, 0.1) is 18.0 Å². The second-order valence-corrected chi connectivity index (χ2v) is 13.7. The van der Waals surface area contributed by atoms with E-state index in [2.05, 4.69) is 20.4 Å². The molecule has 282 valence electrons. The number of nitrogens with two attached hydrogens (primary N) is 1. The average molecular weight is 736 g/mol. The molecule has 0 bridgehead atoms. The molecule has 12 nitrogen and oxygen atoms in total. The van der Waals surface area contributed by atoms with Crippen LogP contribution in [0.3, 0.4) is 0 Å². The predicted molar refractivity (Wildman–Crippen MR) is 192 cm³/mol. The molecule has 3 atom stereocenters. The van der Waals surface area contributed by atoms with E-state index in [1.807, 2.05) is 24.0 Å². The lowest BCUT2D eigenvalue weighted by Crippen LogP contribution is -2.46. The van der Waals surface area contributed by atoms with E-state index in [9.17, 15) is 14.7 Å². The van der Waals surface area contributed by atoms with Crippen molar-refractivity contribution in [1.82, 2.24) is 25.1 Å². The molecule has 15 heteroatoms. The van der Waals surface area contributed by atoms with E-state index in [-0.39, 0.29) is 46.9 Å². The maximum absolute atomic E-state index is 15.1. The summed E-state index contributed by atoms with van der Waals surface area (Å²) in [6.07, 6.45) is -2.41. The number of nitrogen functional groups attached to an aromatic ring is 1. The van der Waals surface area contributed by atoms with Crippen LogP contribution in [0.4, 0.5) is 24.9 Å². The van der Waals surface area contributed by atoms with Gasteiger partial charge in [0, 0.05) is 43.4 Å². The number of hydrogen-bond acceptors (Lipinski definition) is 10. The maximum Gasteiger partial charge on any atom is 0.429 e. The molecule has 1 spiro atoms. The van der Waals surface area contributed by atoms with Crippen molar-refractivity contribution in [2.45, 2.75) is 83.7 Å². The van der Waals surface area contributed by atoms with Gasteiger partial charge in [0.25, 0.3) is 0 Å². The summed E-state index contributed by atoms with van der Waals surface area (Å²) < 4.78 is 57.6. The molecule has 0 aliphatic carbocycles. The number of ether oxygens (including phenoxy) is 2. The summed E-state index contributed by atoms with van der Waals surface area (Å²) in [5, 5.41) is 17.3. The zero-order valence-corrected chi connectivity index (χ0v) is 29.9. The van der Waals surface area contributed by atoms with Crippen molar-refractivity contribution in [3.63, 3.8) is 0 Å². The molecular weight excluding hydrogens is 691 g/mol. The second kappa shape index (κ2) is 15.4. The Kier molecular flexibility index (Phi) is 10.9. The Balaban J connectivity index is 1.29. The van der Waals surface area contributed by atoms with Gasteiger partial charge in [-0.2, -0.15) is 28.2 Å². The van der Waals surface area contributed by atoms with Gasteiger partial charge in [-0.25, -0.2) is 4.68 Å². The van der Waals surface area contributed by atoms with Gasteiger partial charge < -0.3 is 30.5 Å². The Morgan fingerprint density at radius 3 is 2.40 bits per heavy atom. The third-order valence-corrected chi connectivity index (χ3v) is 10.3. The van der Waals surface area contributed by atoms with Crippen molar-refractivity contribution in [3.05, 3.63) is 77.6 Å². The van der Waals surface area contributed by atoms with Gasteiger partial charge in [0.2, 0.25) is 17.9 Å². The zero-order chi connectivity index (χ0) is 37.9. The van der Waals surface area contributed by atoms with Gasteiger partial charge in [0.1, 0.15) is 11.9 Å². The van der Waals surface area contributed by atoms with Crippen LogP contribution in [-0.4, -0.2) is 74.7 Å². The average Bonchev–Trinajstić information content (AvgIpc) is 3.72. The number of carbonyl (C=O) groups excluding carboxylic acids is 1. The highest BCUT2D eigenvalue weighted by molar-refractivity contribution is 5.74. The van der Waals surface area contributed by atoms with Crippen LogP contribution in [0.2, 0.25) is 0 Å². The molecule has 2 aromatic carbocycles. The van der Waals surface area contributed by atoms with Crippen molar-refractivity contribution in [2.75, 3.05) is 30.3 Å². The van der Waals surface area contributed by atoms with Crippen LogP contribution in [0.5, 0.6) is 5.88 Å². The molecular formula is C38H44F3N7O5. The predicted octanol–water partition coefficient (Wildman–Crippen LogP) is 6.21. The number of anilines is 2. The number of carboxylic acid groups (broad SMARTS) is 1. The largest absolute Gasteiger partial charge is 0.480 e. The molecule has 4 aromatic rings. The molecule has 6 rings (SSSR count). The van der Waals surface area contributed by atoms with Gasteiger partial charge in [0.15, 0.2) is 0 Å². The number of carbonyl (C=O) groups is 2. The lowest BCUT2D eigenvalue weighted by Gasteiger charge is -2.43. The fourth-order valence-electron chi connectivity index (χ4n) is 7.60. The number of rotatable bonds is 12. The van der Waals surface area contributed by atoms with Crippen LogP contribution in [0.1, 0.15) is 68.9 Å². The minimum absolute atomic E-state index is 0.0467. The Bertz CT molecular complexity index is 1930. The fraction of sp³-hybridized carbons (Fsp3) is 0.447. The zero-order valence-electron chi connectivity index (χ0n) is 29.9. The first-order chi connectivity index (χ1) is 25.3. The molecule has 53 heavy (non-hydrogen) atoms. The Hall–Kier alpha value is -5.18. The van der Waals surface area contributed by atoms with Crippen LogP contribution < -0.4 is 20.7 Å². The number of aromatic nitrogens is 4. The quantitative estimate of drug-likeness (QED) is 0.142. The molecule has 2 aliphatic rings. The first kappa shape index (κ1) is 37.6. The molecule has 2 saturated heterocycles. The van der Waals surface area contributed by atoms with Crippen molar-refractivity contribution in [1.29, 1.82) is 0 Å². The molecule has 2 fully saturated rings. The van der Waals surface area contributed by atoms with Crippen LogP contribution in [0.15, 0.2) is 60.8 Å². The number of benzene rings is 2. The summed E-state index contributed by atoms with van der Waals surface area (Å²) in [5.74, 6) is -1.42. The van der Waals surface area contributed by atoms with E-state index in [0.717, 1.165) is 12.0 Å². The van der Waals surface area contributed by atoms with E-state index in [1.165, 1.54) is 16.8 Å². The molecule has 2 unspecified atom stereocenters. The molecule has 2 aliphatic heterocycles. The van der Waals surface area contributed by atoms with Crippen molar-refractivity contribution < 1.29 is 37.3 Å². The number of piperidine rings is 1. The lowest BCUT2D eigenvalue weighted by atomic mass is 9.71. The number of carboxylic acids is 1. The molecule has 0 amide bonds. The minimum Gasteiger partial charge on any atom is -0.480 e. The van der Waals surface area contributed by atoms with E-state index in [0.29, 0.717) is 68.0 Å². The summed E-state index contributed by atoms with van der Waals surface area (Å²) in [5.41, 5.74) is 8.55. The standard InChI is InChI=1S/C38H44F3N7O5/c1-4-30-37(22-28(43-30)35(50)51)15-18-47(19-16-37)31-21-32(45-36(42)44-31)53-34(38(39,40)41)27-20-26(11-12-29(27)48-17-14-23(3)46-48)25-9-6-24(7-10-25)8-13-33(49)52-5-2/h6-7,9-12,14,17,20-21,28,30,34,43H,4-5,8,13,15-16,18-19,22H2,1-3H3,(H,50,51)(H2,42,44,45)/t28?,30?,34-/m1/s1. The monoisotopic (exact) mass is 735 g/mol. The van der Waals surface area contributed by atoms with Crippen molar-refractivity contribution in [3.8, 4) is 22.7 Å². The Morgan fingerprint density at radius 2 is 1.77 bits per heavy atom. The molecule has 2 aromatic heterocycles. The smallest absolute Gasteiger partial charge is 0.429 e. The normalized spacial score (nSPS) is 18.9. The number of nitrogens with zero attached hydrogens (tertiary/aromatic N) is 5. The number of aryl methyl sites for hydroxylation is 2.